The molecule has 0 spiro atoms. The zero-order chi connectivity index (χ0) is 17.4. The molecule has 1 aromatic carbocycles. The Labute approximate surface area is 145 Å². The Morgan fingerprint density at radius 3 is 2.42 bits per heavy atom. The Morgan fingerprint density at radius 1 is 1.12 bits per heavy atom. The molecule has 1 aromatic rings. The fourth-order valence-corrected chi connectivity index (χ4v) is 3.32. The third-order valence-electron chi connectivity index (χ3n) is 4.55. The second-order valence-electron chi connectivity index (χ2n) is 6.49. The highest BCUT2D eigenvalue weighted by Crippen LogP contribution is 2.17. The fourth-order valence-electron chi connectivity index (χ4n) is 3.32. The van der Waals surface area contributed by atoms with Gasteiger partial charge in [-0.2, -0.15) is 0 Å². The number of amides is 1. The monoisotopic (exact) mass is 334 g/mol. The molecular formula is C19H30N2O3. The van der Waals surface area contributed by atoms with E-state index in [1.165, 1.54) is 0 Å². The van der Waals surface area contributed by atoms with E-state index in [-0.39, 0.29) is 5.91 Å². The van der Waals surface area contributed by atoms with Gasteiger partial charge in [0.25, 0.3) is 0 Å². The van der Waals surface area contributed by atoms with Crippen LogP contribution in [0, 0.1) is 0 Å². The third kappa shape index (κ3) is 5.49. The van der Waals surface area contributed by atoms with Crippen molar-refractivity contribution in [3.05, 3.63) is 30.3 Å². The number of carbonyl (C=O) groups is 1. The molecule has 5 heteroatoms. The number of methoxy groups -OCH3 is 1. The average Bonchev–Trinajstić information content (AvgIpc) is 2.58. The van der Waals surface area contributed by atoms with Crippen LogP contribution in [-0.2, 0) is 9.53 Å². The Hall–Kier alpha value is -1.59. The predicted octanol–water partition coefficient (Wildman–Crippen LogP) is 2.41. The summed E-state index contributed by atoms with van der Waals surface area (Å²) in [5.74, 6) is 0.996. The number of rotatable bonds is 8. The lowest BCUT2D eigenvalue weighted by atomic mass is 10.1. The summed E-state index contributed by atoms with van der Waals surface area (Å²) in [6.45, 7) is 8.22. The van der Waals surface area contributed by atoms with Crippen LogP contribution in [0.2, 0.25) is 0 Å². The zero-order valence-electron chi connectivity index (χ0n) is 15.1. The van der Waals surface area contributed by atoms with Crippen LogP contribution in [0.3, 0.4) is 0 Å². The Bertz CT molecular complexity index is 483. The van der Waals surface area contributed by atoms with Crippen LogP contribution >= 0.6 is 0 Å². The van der Waals surface area contributed by atoms with Crippen molar-refractivity contribution in [2.24, 2.45) is 0 Å². The van der Waals surface area contributed by atoms with E-state index in [1.54, 1.807) is 7.11 Å². The van der Waals surface area contributed by atoms with Gasteiger partial charge in [-0.05, 0) is 32.4 Å². The maximum Gasteiger partial charge on any atom is 0.226 e. The quantitative estimate of drug-likeness (QED) is 0.685. The summed E-state index contributed by atoms with van der Waals surface area (Å²) in [7, 11) is 1.74. The molecule has 1 aliphatic heterocycles. The molecule has 2 atom stereocenters. The Balaban J connectivity index is 1.75. The number of carbonyl (C=O) groups excluding carboxylic acids is 1. The van der Waals surface area contributed by atoms with Crippen molar-refractivity contribution in [1.29, 1.82) is 0 Å². The van der Waals surface area contributed by atoms with E-state index in [0.717, 1.165) is 38.4 Å². The summed E-state index contributed by atoms with van der Waals surface area (Å²) in [5.41, 5.74) is 0. The average molecular weight is 334 g/mol. The first kappa shape index (κ1) is 18.7. The highest BCUT2D eigenvalue weighted by molar-refractivity contribution is 5.76. The normalized spacial score (nSPS) is 21.7. The van der Waals surface area contributed by atoms with E-state index in [2.05, 4.69) is 18.7 Å². The molecule has 2 unspecified atom stereocenters. The summed E-state index contributed by atoms with van der Waals surface area (Å²) in [4.78, 5) is 16.9. The standard InChI is InChI=1S/C19H30N2O3/c1-16-14-20(15-17(2)21(16)11-7-12-23-3)19(22)10-13-24-18-8-5-4-6-9-18/h4-6,8-9,16-17H,7,10-15H2,1-3H3. The molecule has 0 aromatic heterocycles. The van der Waals surface area contributed by atoms with Crippen LogP contribution in [0.25, 0.3) is 0 Å². The first-order chi connectivity index (χ1) is 11.6. The lowest BCUT2D eigenvalue weighted by Crippen LogP contribution is -2.58. The van der Waals surface area contributed by atoms with Crippen LogP contribution in [0.5, 0.6) is 5.75 Å². The molecule has 0 bridgehead atoms. The van der Waals surface area contributed by atoms with E-state index in [4.69, 9.17) is 9.47 Å². The van der Waals surface area contributed by atoms with Crippen LogP contribution in [0.4, 0.5) is 0 Å². The van der Waals surface area contributed by atoms with Crippen molar-refractivity contribution in [2.45, 2.75) is 38.8 Å². The molecule has 1 saturated heterocycles. The van der Waals surface area contributed by atoms with Gasteiger partial charge >= 0.3 is 0 Å². The maximum absolute atomic E-state index is 12.5. The molecule has 0 radical (unpaired) electrons. The molecule has 1 amide bonds. The van der Waals surface area contributed by atoms with Gasteiger partial charge in [-0.3, -0.25) is 9.69 Å². The Kier molecular flexibility index (Phi) is 7.53. The van der Waals surface area contributed by atoms with Gasteiger partial charge < -0.3 is 14.4 Å². The molecular weight excluding hydrogens is 304 g/mol. The van der Waals surface area contributed by atoms with Gasteiger partial charge in [0, 0.05) is 45.4 Å². The first-order valence-corrected chi connectivity index (χ1v) is 8.82. The van der Waals surface area contributed by atoms with Crippen LogP contribution in [-0.4, -0.2) is 67.7 Å². The minimum absolute atomic E-state index is 0.182. The highest BCUT2D eigenvalue weighted by Gasteiger charge is 2.31. The molecule has 0 aliphatic carbocycles. The SMILES string of the molecule is COCCCN1C(C)CN(C(=O)CCOc2ccccc2)CC1C. The third-order valence-corrected chi connectivity index (χ3v) is 4.55. The van der Waals surface area contributed by atoms with Gasteiger partial charge in [-0.1, -0.05) is 18.2 Å². The number of nitrogens with zero attached hydrogens (tertiary/aromatic N) is 2. The Morgan fingerprint density at radius 2 is 1.79 bits per heavy atom. The second-order valence-corrected chi connectivity index (χ2v) is 6.49. The van der Waals surface area contributed by atoms with Gasteiger partial charge in [0.2, 0.25) is 5.91 Å². The predicted molar refractivity (Wildman–Crippen MR) is 95.3 cm³/mol. The summed E-state index contributed by atoms with van der Waals surface area (Å²) >= 11 is 0. The number of piperazine rings is 1. The van der Waals surface area contributed by atoms with E-state index in [0.29, 0.717) is 25.1 Å². The number of hydrogen-bond donors (Lipinski definition) is 0. The van der Waals surface area contributed by atoms with Crippen molar-refractivity contribution in [3.63, 3.8) is 0 Å². The molecule has 0 N–H and O–H groups in total. The molecule has 1 fully saturated rings. The second kappa shape index (κ2) is 9.64. The smallest absolute Gasteiger partial charge is 0.226 e. The van der Waals surface area contributed by atoms with Gasteiger partial charge in [0.05, 0.1) is 13.0 Å². The number of benzene rings is 1. The largest absolute Gasteiger partial charge is 0.493 e. The lowest BCUT2D eigenvalue weighted by Gasteiger charge is -2.44. The minimum atomic E-state index is 0.182. The van der Waals surface area contributed by atoms with Gasteiger partial charge in [0.15, 0.2) is 0 Å². The van der Waals surface area contributed by atoms with E-state index >= 15 is 0 Å². The van der Waals surface area contributed by atoms with Crippen LogP contribution in [0.1, 0.15) is 26.7 Å². The summed E-state index contributed by atoms with van der Waals surface area (Å²) < 4.78 is 10.8. The molecule has 134 valence electrons. The summed E-state index contributed by atoms with van der Waals surface area (Å²) in [6.07, 6.45) is 1.46. The van der Waals surface area contributed by atoms with E-state index in [1.807, 2.05) is 35.2 Å². The lowest BCUT2D eigenvalue weighted by molar-refractivity contribution is -0.136. The number of hydrogen-bond acceptors (Lipinski definition) is 4. The topological polar surface area (TPSA) is 42.0 Å². The molecule has 1 heterocycles. The molecule has 1 aliphatic rings. The minimum Gasteiger partial charge on any atom is -0.493 e. The van der Waals surface area contributed by atoms with Crippen molar-refractivity contribution in [2.75, 3.05) is 40.0 Å². The maximum atomic E-state index is 12.5. The zero-order valence-corrected chi connectivity index (χ0v) is 15.1. The van der Waals surface area contributed by atoms with Crippen molar-refractivity contribution in [1.82, 2.24) is 9.80 Å². The van der Waals surface area contributed by atoms with Crippen molar-refractivity contribution >= 4 is 5.91 Å². The van der Waals surface area contributed by atoms with Gasteiger partial charge in [-0.15, -0.1) is 0 Å². The van der Waals surface area contributed by atoms with E-state index < -0.39 is 0 Å². The van der Waals surface area contributed by atoms with Crippen molar-refractivity contribution in [3.8, 4) is 5.75 Å². The van der Waals surface area contributed by atoms with Crippen LogP contribution < -0.4 is 4.74 Å². The van der Waals surface area contributed by atoms with Gasteiger partial charge in [0.1, 0.15) is 5.75 Å². The number of ether oxygens (including phenoxy) is 2. The molecule has 24 heavy (non-hydrogen) atoms. The van der Waals surface area contributed by atoms with Crippen molar-refractivity contribution < 1.29 is 14.3 Å². The van der Waals surface area contributed by atoms with Gasteiger partial charge in [-0.25, -0.2) is 0 Å². The highest BCUT2D eigenvalue weighted by atomic mass is 16.5. The molecule has 5 nitrogen and oxygen atoms in total. The molecule has 0 saturated carbocycles. The van der Waals surface area contributed by atoms with E-state index in [9.17, 15) is 4.79 Å². The van der Waals surface area contributed by atoms with Crippen LogP contribution in [0.15, 0.2) is 30.3 Å². The summed E-state index contributed by atoms with van der Waals surface area (Å²) in [6, 6.07) is 10.4. The number of para-hydroxylation sites is 1. The fraction of sp³-hybridized carbons (Fsp3) is 0.632. The first-order valence-electron chi connectivity index (χ1n) is 8.82. The summed E-state index contributed by atoms with van der Waals surface area (Å²) in [5, 5.41) is 0. The molecule has 2 rings (SSSR count).